The molecule has 0 saturated carbocycles. The third-order valence-corrected chi connectivity index (χ3v) is 2.76. The molecule has 5 heteroatoms. The molecule has 19 heavy (non-hydrogen) atoms. The Balaban J connectivity index is 2.16. The van der Waals surface area contributed by atoms with E-state index in [4.69, 9.17) is 0 Å². The summed E-state index contributed by atoms with van der Waals surface area (Å²) in [6.45, 7) is 1.73. The lowest BCUT2D eigenvalue weighted by atomic mass is 10.1. The number of H-pyrrole nitrogens is 1. The molecule has 2 N–H and O–H groups in total. The van der Waals surface area contributed by atoms with Gasteiger partial charge >= 0.3 is 0 Å². The Morgan fingerprint density at radius 2 is 2.11 bits per heavy atom. The molecule has 1 amide bonds. The highest BCUT2D eigenvalue weighted by Gasteiger charge is 2.14. The van der Waals surface area contributed by atoms with E-state index in [1.807, 2.05) is 0 Å². The van der Waals surface area contributed by atoms with Crippen LogP contribution in [-0.4, -0.2) is 10.9 Å². The quantitative estimate of drug-likeness (QED) is 0.886. The van der Waals surface area contributed by atoms with E-state index in [0.29, 0.717) is 5.56 Å². The van der Waals surface area contributed by atoms with Crippen molar-refractivity contribution in [2.45, 2.75) is 13.0 Å². The molecular weight excluding hydrogens is 247 g/mol. The molecule has 0 spiro atoms. The van der Waals surface area contributed by atoms with Gasteiger partial charge in [0.05, 0.1) is 6.04 Å². The fourth-order valence-corrected chi connectivity index (χ4v) is 1.73. The summed E-state index contributed by atoms with van der Waals surface area (Å²) >= 11 is 0. The SMILES string of the molecule is CC(NC(=O)c1ccc[nH]c1=O)c1cccc(F)c1. The van der Waals surface area contributed by atoms with Crippen molar-refractivity contribution in [2.24, 2.45) is 0 Å². The zero-order valence-electron chi connectivity index (χ0n) is 10.3. The highest BCUT2D eigenvalue weighted by atomic mass is 19.1. The largest absolute Gasteiger partial charge is 0.345 e. The number of aromatic nitrogens is 1. The van der Waals surface area contributed by atoms with E-state index >= 15 is 0 Å². The molecule has 1 aromatic heterocycles. The maximum atomic E-state index is 13.1. The lowest BCUT2D eigenvalue weighted by Crippen LogP contribution is -2.31. The van der Waals surface area contributed by atoms with E-state index in [1.54, 1.807) is 25.1 Å². The first kappa shape index (κ1) is 13.0. The van der Waals surface area contributed by atoms with Crippen molar-refractivity contribution in [3.05, 3.63) is 69.9 Å². The zero-order chi connectivity index (χ0) is 13.8. The number of carbonyl (C=O) groups is 1. The maximum absolute atomic E-state index is 13.1. The molecule has 0 aliphatic rings. The monoisotopic (exact) mass is 260 g/mol. The Kier molecular flexibility index (Phi) is 3.75. The fourth-order valence-electron chi connectivity index (χ4n) is 1.73. The van der Waals surface area contributed by atoms with Crippen LogP contribution in [0.15, 0.2) is 47.4 Å². The Morgan fingerprint density at radius 1 is 1.32 bits per heavy atom. The summed E-state index contributed by atoms with van der Waals surface area (Å²) in [6, 6.07) is 8.59. The number of aromatic amines is 1. The van der Waals surface area contributed by atoms with E-state index in [1.165, 1.54) is 24.4 Å². The smallest absolute Gasteiger partial charge is 0.260 e. The van der Waals surface area contributed by atoms with E-state index in [0.717, 1.165) is 0 Å². The topological polar surface area (TPSA) is 62.0 Å². The number of hydrogen-bond donors (Lipinski definition) is 2. The summed E-state index contributed by atoms with van der Waals surface area (Å²) in [7, 11) is 0. The second-order valence-corrected chi connectivity index (χ2v) is 4.16. The van der Waals surface area contributed by atoms with Crippen molar-refractivity contribution in [1.82, 2.24) is 10.3 Å². The highest BCUT2D eigenvalue weighted by molar-refractivity contribution is 5.93. The van der Waals surface area contributed by atoms with Gasteiger partial charge in [0.1, 0.15) is 11.4 Å². The number of nitrogens with one attached hydrogen (secondary N) is 2. The van der Waals surface area contributed by atoms with Crippen LogP contribution in [-0.2, 0) is 0 Å². The molecule has 0 bridgehead atoms. The number of amides is 1. The van der Waals surface area contributed by atoms with Crippen LogP contribution in [0.5, 0.6) is 0 Å². The first-order chi connectivity index (χ1) is 9.08. The third kappa shape index (κ3) is 3.07. The minimum Gasteiger partial charge on any atom is -0.345 e. The average Bonchev–Trinajstić information content (AvgIpc) is 2.39. The first-order valence-electron chi connectivity index (χ1n) is 5.82. The summed E-state index contributed by atoms with van der Waals surface area (Å²) in [4.78, 5) is 25.8. The molecule has 98 valence electrons. The summed E-state index contributed by atoms with van der Waals surface area (Å²) in [6.07, 6.45) is 1.45. The Morgan fingerprint density at radius 3 is 2.79 bits per heavy atom. The number of halogens is 1. The van der Waals surface area contributed by atoms with Gasteiger partial charge in [-0.05, 0) is 36.8 Å². The van der Waals surface area contributed by atoms with Gasteiger partial charge in [-0.3, -0.25) is 9.59 Å². The molecule has 1 unspecified atom stereocenters. The minimum absolute atomic E-state index is 0.0331. The van der Waals surface area contributed by atoms with Crippen molar-refractivity contribution < 1.29 is 9.18 Å². The predicted molar refractivity (Wildman–Crippen MR) is 69.3 cm³/mol. The van der Waals surface area contributed by atoms with Crippen molar-refractivity contribution in [3.8, 4) is 0 Å². The average molecular weight is 260 g/mol. The molecule has 2 rings (SSSR count). The first-order valence-corrected chi connectivity index (χ1v) is 5.82. The van der Waals surface area contributed by atoms with E-state index in [-0.39, 0.29) is 17.4 Å². The van der Waals surface area contributed by atoms with Crippen LogP contribution in [0.4, 0.5) is 4.39 Å². The van der Waals surface area contributed by atoms with Crippen LogP contribution in [0.3, 0.4) is 0 Å². The van der Waals surface area contributed by atoms with Gasteiger partial charge in [-0.1, -0.05) is 12.1 Å². The van der Waals surface area contributed by atoms with Gasteiger partial charge in [0, 0.05) is 6.20 Å². The van der Waals surface area contributed by atoms with Gasteiger partial charge in [0.2, 0.25) is 0 Å². The summed E-state index contributed by atoms with van der Waals surface area (Å²) in [5.41, 5.74) is 0.220. The lowest BCUT2D eigenvalue weighted by molar-refractivity contribution is 0.0938. The molecule has 0 aliphatic carbocycles. The number of pyridine rings is 1. The molecule has 2 aromatic rings. The minimum atomic E-state index is -0.487. The van der Waals surface area contributed by atoms with Crippen LogP contribution in [0.2, 0.25) is 0 Å². The van der Waals surface area contributed by atoms with Crippen LogP contribution in [0.25, 0.3) is 0 Å². The lowest BCUT2D eigenvalue weighted by Gasteiger charge is -2.14. The van der Waals surface area contributed by atoms with Crippen LogP contribution in [0, 0.1) is 5.82 Å². The summed E-state index contributed by atoms with van der Waals surface area (Å²) in [5.74, 6) is -0.852. The molecule has 1 atom stereocenters. The normalized spacial score (nSPS) is 11.9. The predicted octanol–water partition coefficient (Wildman–Crippen LogP) is 2.00. The number of carbonyl (C=O) groups excluding carboxylic acids is 1. The number of benzene rings is 1. The fraction of sp³-hybridized carbons (Fsp3) is 0.143. The van der Waals surface area contributed by atoms with E-state index in [9.17, 15) is 14.0 Å². The molecule has 0 radical (unpaired) electrons. The van der Waals surface area contributed by atoms with Crippen LogP contribution in [0.1, 0.15) is 28.9 Å². The van der Waals surface area contributed by atoms with Crippen molar-refractivity contribution >= 4 is 5.91 Å². The van der Waals surface area contributed by atoms with Crippen molar-refractivity contribution in [1.29, 1.82) is 0 Å². The number of hydrogen-bond acceptors (Lipinski definition) is 2. The molecule has 0 fully saturated rings. The molecule has 0 aliphatic heterocycles. The third-order valence-electron chi connectivity index (χ3n) is 2.76. The van der Waals surface area contributed by atoms with Crippen LogP contribution >= 0.6 is 0 Å². The Bertz CT molecular complexity index is 652. The van der Waals surface area contributed by atoms with Crippen molar-refractivity contribution in [3.63, 3.8) is 0 Å². The van der Waals surface area contributed by atoms with Crippen LogP contribution < -0.4 is 10.9 Å². The number of rotatable bonds is 3. The van der Waals surface area contributed by atoms with Gasteiger partial charge in [-0.15, -0.1) is 0 Å². The summed E-state index contributed by atoms with van der Waals surface area (Å²) in [5, 5.41) is 2.65. The van der Waals surface area contributed by atoms with Crippen molar-refractivity contribution in [2.75, 3.05) is 0 Å². The van der Waals surface area contributed by atoms with Gasteiger partial charge in [-0.2, -0.15) is 0 Å². The summed E-state index contributed by atoms with van der Waals surface area (Å²) < 4.78 is 13.1. The Labute approximate surface area is 109 Å². The second-order valence-electron chi connectivity index (χ2n) is 4.16. The molecular formula is C14H13FN2O2. The molecule has 1 heterocycles. The van der Waals surface area contributed by atoms with E-state index < -0.39 is 11.5 Å². The van der Waals surface area contributed by atoms with Gasteiger partial charge in [-0.25, -0.2) is 4.39 Å². The highest BCUT2D eigenvalue weighted by Crippen LogP contribution is 2.13. The Hall–Kier alpha value is -2.43. The molecule has 0 saturated heterocycles. The zero-order valence-corrected chi connectivity index (χ0v) is 10.3. The van der Waals surface area contributed by atoms with Gasteiger partial charge in [0.15, 0.2) is 0 Å². The van der Waals surface area contributed by atoms with Gasteiger partial charge < -0.3 is 10.3 Å². The standard InChI is InChI=1S/C14H13FN2O2/c1-9(10-4-2-5-11(15)8-10)17-14(19)12-6-3-7-16-13(12)18/h2-9H,1H3,(H,16,18)(H,17,19). The maximum Gasteiger partial charge on any atom is 0.260 e. The van der Waals surface area contributed by atoms with E-state index in [2.05, 4.69) is 10.3 Å². The molecule has 1 aromatic carbocycles. The molecule has 4 nitrogen and oxygen atoms in total. The van der Waals surface area contributed by atoms with Gasteiger partial charge in [0.25, 0.3) is 11.5 Å². The second kappa shape index (κ2) is 5.48.